The van der Waals surface area contributed by atoms with Crippen LogP contribution in [0.15, 0.2) is 29.8 Å². The predicted molar refractivity (Wildman–Crippen MR) is 121 cm³/mol. The molecule has 0 aromatic carbocycles. The maximum absolute atomic E-state index is 5.94. The van der Waals surface area contributed by atoms with Crippen LogP contribution in [0.4, 0.5) is 0 Å². The Kier molecular flexibility index (Phi) is 9.23. The van der Waals surface area contributed by atoms with Crippen LogP contribution >= 0.6 is 24.0 Å². The summed E-state index contributed by atoms with van der Waals surface area (Å²) in [5.74, 6) is 2.05. The molecule has 9 heteroatoms. The number of nitrogens with zero attached hydrogens (tertiary/aromatic N) is 6. The van der Waals surface area contributed by atoms with Crippen LogP contribution in [-0.4, -0.2) is 63.0 Å². The van der Waals surface area contributed by atoms with E-state index in [-0.39, 0.29) is 30.1 Å². The van der Waals surface area contributed by atoms with Crippen LogP contribution in [-0.2, 0) is 18.3 Å². The quantitative estimate of drug-likeness (QED) is 0.273. The van der Waals surface area contributed by atoms with Crippen molar-refractivity contribution in [1.82, 2.24) is 29.5 Å². The van der Waals surface area contributed by atoms with Crippen LogP contribution in [0.3, 0.4) is 0 Å². The molecule has 3 heterocycles. The van der Waals surface area contributed by atoms with Crippen molar-refractivity contribution >= 4 is 29.9 Å². The number of guanidine groups is 1. The van der Waals surface area contributed by atoms with Gasteiger partial charge in [0.25, 0.3) is 0 Å². The molecular formula is C19H32IN7O. The molecule has 2 aromatic heterocycles. The first-order valence-electron chi connectivity index (χ1n) is 9.78. The van der Waals surface area contributed by atoms with E-state index in [1.54, 1.807) is 0 Å². The normalized spacial score (nSPS) is 17.5. The first kappa shape index (κ1) is 22.7. The number of hydrogen-bond acceptors (Lipinski definition) is 4. The van der Waals surface area contributed by atoms with E-state index in [9.17, 15) is 0 Å². The molecule has 1 fully saturated rings. The third kappa shape index (κ3) is 6.20. The third-order valence-corrected chi connectivity index (χ3v) is 4.79. The molecule has 3 rings (SSSR count). The standard InChI is InChI=1S/C19H31N7O.HI/c1-4-20-19(22-7-5-6-9-25-10-8-21-16(25)2)26-11-12-27-18(15-26)17-13-23-24(3)14-17;/h8,10,13-14,18H,4-7,9,11-12,15H2,1-3H3,(H,20,22);1H. The highest BCUT2D eigenvalue weighted by Gasteiger charge is 2.25. The van der Waals surface area contributed by atoms with Crippen molar-refractivity contribution in [3.63, 3.8) is 0 Å². The fraction of sp³-hybridized carbons (Fsp3) is 0.632. The minimum atomic E-state index is 0. The van der Waals surface area contributed by atoms with E-state index >= 15 is 0 Å². The fourth-order valence-corrected chi connectivity index (χ4v) is 3.29. The number of aromatic nitrogens is 4. The van der Waals surface area contributed by atoms with Crippen molar-refractivity contribution in [3.8, 4) is 0 Å². The molecule has 0 saturated carbocycles. The number of nitrogens with one attached hydrogen (secondary N) is 1. The Labute approximate surface area is 184 Å². The second-order valence-corrected chi connectivity index (χ2v) is 6.86. The average molecular weight is 501 g/mol. The summed E-state index contributed by atoms with van der Waals surface area (Å²) in [5.41, 5.74) is 1.12. The van der Waals surface area contributed by atoms with Crippen LogP contribution in [0.25, 0.3) is 0 Å². The maximum atomic E-state index is 5.94. The Morgan fingerprint density at radius 1 is 1.39 bits per heavy atom. The summed E-state index contributed by atoms with van der Waals surface area (Å²) in [4.78, 5) is 11.4. The third-order valence-electron chi connectivity index (χ3n) is 4.79. The number of ether oxygens (including phenoxy) is 1. The van der Waals surface area contributed by atoms with Gasteiger partial charge >= 0.3 is 0 Å². The molecule has 8 nitrogen and oxygen atoms in total. The van der Waals surface area contributed by atoms with Crippen LogP contribution < -0.4 is 5.32 Å². The van der Waals surface area contributed by atoms with E-state index in [0.717, 1.165) is 62.9 Å². The number of halogens is 1. The van der Waals surface area contributed by atoms with Gasteiger partial charge in [0.15, 0.2) is 5.96 Å². The molecule has 0 radical (unpaired) electrons. The van der Waals surface area contributed by atoms with Crippen molar-refractivity contribution in [3.05, 3.63) is 36.2 Å². The summed E-state index contributed by atoms with van der Waals surface area (Å²) < 4.78 is 9.95. The van der Waals surface area contributed by atoms with E-state index < -0.39 is 0 Å². The summed E-state index contributed by atoms with van der Waals surface area (Å²) in [5, 5.41) is 7.69. The van der Waals surface area contributed by atoms with Gasteiger partial charge in [-0.3, -0.25) is 9.67 Å². The Morgan fingerprint density at radius 2 is 2.25 bits per heavy atom. The molecule has 0 bridgehead atoms. The summed E-state index contributed by atoms with van der Waals surface area (Å²) in [6, 6.07) is 0. The molecule has 2 aromatic rings. The molecule has 1 unspecified atom stereocenters. The molecule has 1 saturated heterocycles. The molecule has 1 aliphatic heterocycles. The lowest BCUT2D eigenvalue weighted by atomic mass is 10.1. The highest BCUT2D eigenvalue weighted by Crippen LogP contribution is 2.21. The molecule has 1 aliphatic rings. The first-order chi connectivity index (χ1) is 13.2. The van der Waals surface area contributed by atoms with E-state index in [0.29, 0.717) is 6.61 Å². The van der Waals surface area contributed by atoms with Crippen molar-refractivity contribution in [1.29, 1.82) is 0 Å². The second kappa shape index (κ2) is 11.4. The summed E-state index contributed by atoms with van der Waals surface area (Å²) in [7, 11) is 1.93. The molecule has 156 valence electrons. The SMILES string of the molecule is CCNC(=NCCCCn1ccnc1C)N1CCOC(c2cnn(C)c2)C1.I. The number of aryl methyl sites for hydroxylation is 3. The maximum Gasteiger partial charge on any atom is 0.194 e. The zero-order valence-corrected chi connectivity index (χ0v) is 19.4. The minimum Gasteiger partial charge on any atom is -0.370 e. The lowest BCUT2D eigenvalue weighted by Gasteiger charge is -2.34. The lowest BCUT2D eigenvalue weighted by molar-refractivity contribution is -0.00804. The van der Waals surface area contributed by atoms with Crippen LogP contribution in [0.2, 0.25) is 0 Å². The van der Waals surface area contributed by atoms with Gasteiger partial charge in [0.1, 0.15) is 11.9 Å². The Hall–Kier alpha value is -1.62. The van der Waals surface area contributed by atoms with Crippen molar-refractivity contribution in [2.24, 2.45) is 12.0 Å². The van der Waals surface area contributed by atoms with Gasteiger partial charge in [0, 0.05) is 57.4 Å². The van der Waals surface area contributed by atoms with E-state index in [2.05, 4.69) is 31.8 Å². The smallest absolute Gasteiger partial charge is 0.194 e. The summed E-state index contributed by atoms with van der Waals surface area (Å²) in [6.45, 7) is 9.19. The second-order valence-electron chi connectivity index (χ2n) is 6.86. The van der Waals surface area contributed by atoms with Gasteiger partial charge in [0.05, 0.1) is 19.3 Å². The van der Waals surface area contributed by atoms with Gasteiger partial charge in [-0.25, -0.2) is 4.98 Å². The summed E-state index contributed by atoms with van der Waals surface area (Å²) >= 11 is 0. The largest absolute Gasteiger partial charge is 0.370 e. The van der Waals surface area contributed by atoms with Gasteiger partial charge in [-0.1, -0.05) is 0 Å². The highest BCUT2D eigenvalue weighted by molar-refractivity contribution is 14.0. The number of aliphatic imine (C=N–C) groups is 1. The minimum absolute atomic E-state index is 0. The van der Waals surface area contributed by atoms with Gasteiger partial charge in [-0.05, 0) is 26.7 Å². The monoisotopic (exact) mass is 501 g/mol. The molecule has 1 N–H and O–H groups in total. The predicted octanol–water partition coefficient (Wildman–Crippen LogP) is 2.36. The van der Waals surface area contributed by atoms with Crippen LogP contribution in [0.1, 0.15) is 37.3 Å². The molecular weight excluding hydrogens is 469 g/mol. The number of unbranched alkanes of at least 4 members (excludes halogenated alkanes) is 1. The van der Waals surface area contributed by atoms with Crippen LogP contribution in [0.5, 0.6) is 0 Å². The first-order valence-corrected chi connectivity index (χ1v) is 9.78. The summed E-state index contributed by atoms with van der Waals surface area (Å²) in [6.07, 6.45) is 10.0. The highest BCUT2D eigenvalue weighted by atomic mass is 127. The molecule has 28 heavy (non-hydrogen) atoms. The van der Waals surface area contributed by atoms with Crippen molar-refractivity contribution < 1.29 is 4.74 Å². The Morgan fingerprint density at radius 3 is 2.93 bits per heavy atom. The van der Waals surface area contributed by atoms with E-state index in [4.69, 9.17) is 9.73 Å². The molecule has 0 amide bonds. The van der Waals surface area contributed by atoms with Gasteiger partial charge in [-0.15, -0.1) is 24.0 Å². The number of morpholine rings is 1. The van der Waals surface area contributed by atoms with Crippen molar-refractivity contribution in [2.45, 2.75) is 39.3 Å². The molecule has 1 atom stereocenters. The number of rotatable bonds is 7. The van der Waals surface area contributed by atoms with Gasteiger partial charge in [0.2, 0.25) is 0 Å². The lowest BCUT2D eigenvalue weighted by Crippen LogP contribution is -2.48. The Bertz CT molecular complexity index is 742. The number of imidazole rings is 1. The van der Waals surface area contributed by atoms with Crippen molar-refractivity contribution in [2.75, 3.05) is 32.8 Å². The average Bonchev–Trinajstić information content (AvgIpc) is 3.29. The fourth-order valence-electron chi connectivity index (χ4n) is 3.29. The van der Waals surface area contributed by atoms with Gasteiger partial charge < -0.3 is 19.5 Å². The molecule has 0 spiro atoms. The zero-order valence-electron chi connectivity index (χ0n) is 17.0. The van der Waals surface area contributed by atoms with E-state index in [1.807, 2.05) is 43.4 Å². The Balaban J connectivity index is 0.00000280. The van der Waals surface area contributed by atoms with Gasteiger partial charge in [-0.2, -0.15) is 5.10 Å². The van der Waals surface area contributed by atoms with E-state index in [1.165, 1.54) is 0 Å². The topological polar surface area (TPSA) is 72.5 Å². The zero-order chi connectivity index (χ0) is 19.1. The van der Waals surface area contributed by atoms with Crippen LogP contribution in [0, 0.1) is 6.92 Å². The number of hydrogen-bond donors (Lipinski definition) is 1. The molecule has 0 aliphatic carbocycles.